The SMILES string of the molecule is O=[N+]([O-])C1CCC(CCCCCCN2CCCCC2)CN1. The van der Waals surface area contributed by atoms with Gasteiger partial charge >= 0.3 is 0 Å². The van der Waals surface area contributed by atoms with Crippen molar-refractivity contribution in [3.05, 3.63) is 10.1 Å². The molecule has 5 nitrogen and oxygen atoms in total. The molecule has 0 spiro atoms. The Balaban J connectivity index is 1.42. The molecule has 0 aromatic rings. The first-order valence-electron chi connectivity index (χ1n) is 8.85. The molecular formula is C16H31N3O2. The van der Waals surface area contributed by atoms with Crippen molar-refractivity contribution < 1.29 is 4.92 Å². The van der Waals surface area contributed by atoms with Crippen molar-refractivity contribution in [2.45, 2.75) is 70.4 Å². The van der Waals surface area contributed by atoms with Gasteiger partial charge in [0.25, 0.3) is 6.17 Å². The summed E-state index contributed by atoms with van der Waals surface area (Å²) in [5.41, 5.74) is 0. The van der Waals surface area contributed by atoms with Crippen LogP contribution in [-0.2, 0) is 0 Å². The first-order valence-corrected chi connectivity index (χ1v) is 8.85. The largest absolute Gasteiger partial charge is 0.303 e. The zero-order valence-corrected chi connectivity index (χ0v) is 13.3. The van der Waals surface area contributed by atoms with Crippen LogP contribution < -0.4 is 5.32 Å². The van der Waals surface area contributed by atoms with E-state index in [1.165, 1.54) is 71.0 Å². The third-order valence-corrected chi connectivity index (χ3v) is 5.03. The van der Waals surface area contributed by atoms with Crippen LogP contribution in [0.4, 0.5) is 0 Å². The maximum atomic E-state index is 10.7. The van der Waals surface area contributed by atoms with Gasteiger partial charge in [-0.2, -0.15) is 0 Å². The molecule has 5 heteroatoms. The summed E-state index contributed by atoms with van der Waals surface area (Å²) in [6.45, 7) is 4.74. The summed E-state index contributed by atoms with van der Waals surface area (Å²) in [6.07, 6.45) is 12.0. The van der Waals surface area contributed by atoms with Crippen LogP contribution in [0.5, 0.6) is 0 Å². The summed E-state index contributed by atoms with van der Waals surface area (Å²) >= 11 is 0. The molecule has 2 saturated heterocycles. The topological polar surface area (TPSA) is 58.4 Å². The molecule has 122 valence electrons. The van der Waals surface area contributed by atoms with Gasteiger partial charge in [0.05, 0.1) is 0 Å². The fraction of sp³-hybridized carbons (Fsp3) is 1.00. The molecule has 0 radical (unpaired) electrons. The Morgan fingerprint density at radius 2 is 1.81 bits per heavy atom. The number of likely N-dealkylation sites (tertiary alicyclic amines) is 1. The Bertz CT molecular complexity index is 298. The fourth-order valence-corrected chi connectivity index (χ4v) is 3.63. The van der Waals surface area contributed by atoms with Gasteiger partial charge in [0.15, 0.2) is 0 Å². The molecule has 0 bridgehead atoms. The smallest absolute Gasteiger partial charge is 0.266 e. The van der Waals surface area contributed by atoms with E-state index in [2.05, 4.69) is 10.2 Å². The van der Waals surface area contributed by atoms with Gasteiger partial charge in [0.2, 0.25) is 0 Å². The van der Waals surface area contributed by atoms with Crippen LogP contribution >= 0.6 is 0 Å². The Labute approximate surface area is 128 Å². The fourth-order valence-electron chi connectivity index (χ4n) is 3.63. The summed E-state index contributed by atoms with van der Waals surface area (Å²) in [6, 6.07) is 0. The first kappa shape index (κ1) is 16.7. The maximum absolute atomic E-state index is 10.7. The summed E-state index contributed by atoms with van der Waals surface area (Å²) in [5.74, 6) is 0.656. The lowest BCUT2D eigenvalue weighted by molar-refractivity contribution is -0.532. The van der Waals surface area contributed by atoms with Gasteiger partial charge in [-0.25, -0.2) is 0 Å². The Morgan fingerprint density at radius 3 is 2.48 bits per heavy atom. The third-order valence-electron chi connectivity index (χ3n) is 5.03. The number of unbranched alkanes of at least 4 members (excludes halogenated alkanes) is 3. The Hall–Kier alpha value is -0.680. The first-order chi connectivity index (χ1) is 10.3. The van der Waals surface area contributed by atoms with Gasteiger partial charge in [0.1, 0.15) is 0 Å². The standard InChI is InChI=1S/C16H31N3O2/c20-19(21)16-10-9-15(14-17-16)8-4-1-2-5-11-18-12-6-3-7-13-18/h15-17H,1-14H2. The molecule has 0 amide bonds. The zero-order valence-electron chi connectivity index (χ0n) is 13.3. The van der Waals surface area contributed by atoms with Crippen molar-refractivity contribution in [3.63, 3.8) is 0 Å². The second kappa shape index (κ2) is 9.36. The van der Waals surface area contributed by atoms with E-state index in [1.54, 1.807) is 0 Å². The predicted molar refractivity (Wildman–Crippen MR) is 84.9 cm³/mol. The van der Waals surface area contributed by atoms with E-state index in [4.69, 9.17) is 0 Å². The normalized spacial score (nSPS) is 27.6. The average Bonchev–Trinajstić information content (AvgIpc) is 2.52. The predicted octanol–water partition coefficient (Wildman–Crippen LogP) is 3.03. The number of hydrogen-bond acceptors (Lipinski definition) is 4. The number of nitrogens with zero attached hydrogens (tertiary/aromatic N) is 2. The molecule has 2 aliphatic heterocycles. The second-order valence-corrected chi connectivity index (χ2v) is 6.76. The molecule has 0 aliphatic carbocycles. The van der Waals surface area contributed by atoms with E-state index in [-0.39, 0.29) is 4.92 Å². The van der Waals surface area contributed by atoms with Crippen LogP contribution in [-0.4, -0.2) is 42.2 Å². The van der Waals surface area contributed by atoms with E-state index in [1.807, 2.05) is 0 Å². The van der Waals surface area contributed by atoms with Crippen molar-refractivity contribution in [1.29, 1.82) is 0 Å². The highest BCUT2D eigenvalue weighted by Gasteiger charge is 2.26. The quantitative estimate of drug-likeness (QED) is 0.425. The highest BCUT2D eigenvalue weighted by atomic mass is 16.6. The van der Waals surface area contributed by atoms with E-state index in [0.29, 0.717) is 12.3 Å². The van der Waals surface area contributed by atoms with Crippen LogP contribution in [0.1, 0.15) is 64.2 Å². The highest BCUT2D eigenvalue weighted by Crippen LogP contribution is 2.21. The lowest BCUT2D eigenvalue weighted by Crippen LogP contribution is -2.43. The molecule has 2 unspecified atom stereocenters. The Morgan fingerprint density at radius 1 is 1.05 bits per heavy atom. The molecule has 2 fully saturated rings. The second-order valence-electron chi connectivity index (χ2n) is 6.76. The molecule has 2 rings (SSSR count). The van der Waals surface area contributed by atoms with Crippen LogP contribution in [0, 0.1) is 16.0 Å². The molecule has 2 heterocycles. The van der Waals surface area contributed by atoms with Crippen LogP contribution in [0.2, 0.25) is 0 Å². The molecule has 0 saturated carbocycles. The molecule has 21 heavy (non-hydrogen) atoms. The van der Waals surface area contributed by atoms with Gasteiger partial charge < -0.3 is 4.90 Å². The molecule has 0 aromatic heterocycles. The number of nitrogens with one attached hydrogen (secondary N) is 1. The third kappa shape index (κ3) is 6.30. The van der Waals surface area contributed by atoms with E-state index < -0.39 is 6.17 Å². The summed E-state index contributed by atoms with van der Waals surface area (Å²) in [4.78, 5) is 13.1. The lowest BCUT2D eigenvalue weighted by Gasteiger charge is -2.26. The minimum atomic E-state index is -0.495. The summed E-state index contributed by atoms with van der Waals surface area (Å²) in [7, 11) is 0. The lowest BCUT2D eigenvalue weighted by atomic mass is 9.92. The van der Waals surface area contributed by atoms with Crippen molar-refractivity contribution >= 4 is 0 Å². The van der Waals surface area contributed by atoms with Crippen molar-refractivity contribution in [1.82, 2.24) is 10.2 Å². The van der Waals surface area contributed by atoms with Gasteiger partial charge in [-0.05, 0) is 57.7 Å². The number of piperidine rings is 2. The van der Waals surface area contributed by atoms with Gasteiger partial charge in [-0.1, -0.05) is 25.7 Å². The molecule has 2 aliphatic rings. The number of hydrogen-bond donors (Lipinski definition) is 1. The van der Waals surface area contributed by atoms with Gasteiger partial charge in [0, 0.05) is 17.9 Å². The van der Waals surface area contributed by atoms with E-state index >= 15 is 0 Å². The van der Waals surface area contributed by atoms with Gasteiger partial charge in [-0.3, -0.25) is 15.4 Å². The number of rotatable bonds is 8. The minimum absolute atomic E-state index is 0.184. The minimum Gasteiger partial charge on any atom is -0.303 e. The van der Waals surface area contributed by atoms with Crippen molar-refractivity contribution in [2.24, 2.45) is 5.92 Å². The molecule has 2 atom stereocenters. The van der Waals surface area contributed by atoms with Crippen molar-refractivity contribution in [2.75, 3.05) is 26.2 Å². The zero-order chi connectivity index (χ0) is 14.9. The molecule has 1 N–H and O–H groups in total. The average molecular weight is 297 g/mol. The van der Waals surface area contributed by atoms with Crippen LogP contribution in [0.25, 0.3) is 0 Å². The van der Waals surface area contributed by atoms with Crippen LogP contribution in [0.15, 0.2) is 0 Å². The van der Waals surface area contributed by atoms with Crippen molar-refractivity contribution in [3.8, 4) is 0 Å². The van der Waals surface area contributed by atoms with Crippen LogP contribution in [0.3, 0.4) is 0 Å². The summed E-state index contributed by atoms with van der Waals surface area (Å²) < 4.78 is 0. The monoisotopic (exact) mass is 297 g/mol. The van der Waals surface area contributed by atoms with Gasteiger partial charge in [-0.15, -0.1) is 0 Å². The highest BCUT2D eigenvalue weighted by molar-refractivity contribution is 4.72. The Kier molecular flexibility index (Phi) is 7.44. The van der Waals surface area contributed by atoms with E-state index in [0.717, 1.165) is 13.0 Å². The molecular weight excluding hydrogens is 266 g/mol. The molecule has 0 aromatic carbocycles. The number of nitro groups is 1. The maximum Gasteiger partial charge on any atom is 0.266 e. The van der Waals surface area contributed by atoms with E-state index in [9.17, 15) is 10.1 Å². The summed E-state index contributed by atoms with van der Waals surface area (Å²) in [5, 5.41) is 13.7.